The molecule has 2 heterocycles. The highest BCUT2D eigenvalue weighted by molar-refractivity contribution is 6.07. The van der Waals surface area contributed by atoms with E-state index >= 15 is 0 Å². The standard InChI is InChI=1S/C18H26N2O5/c1-10-6-5-7-11(2)18(10)16(22)20(17(23)19-18)9-13-8-14(12(3)25-13)15(21)24-4/h10-11,13H,5-9H2,1-4H3,(H,19,23)/t10-,11-,13-/m0/s1. The third-order valence-electron chi connectivity index (χ3n) is 6.01. The molecule has 0 unspecified atom stereocenters. The zero-order valence-electron chi connectivity index (χ0n) is 15.3. The summed E-state index contributed by atoms with van der Waals surface area (Å²) in [5.74, 6) is 0.117. The summed E-state index contributed by atoms with van der Waals surface area (Å²) in [4.78, 5) is 38.7. The Morgan fingerprint density at radius 2 is 1.96 bits per heavy atom. The van der Waals surface area contributed by atoms with E-state index < -0.39 is 17.6 Å². The highest BCUT2D eigenvalue weighted by Gasteiger charge is 2.58. The van der Waals surface area contributed by atoms with Crippen LogP contribution in [0.2, 0.25) is 0 Å². The number of esters is 1. The predicted molar refractivity (Wildman–Crippen MR) is 89.4 cm³/mol. The average molecular weight is 350 g/mol. The lowest BCUT2D eigenvalue weighted by Crippen LogP contribution is -2.59. The van der Waals surface area contributed by atoms with E-state index in [1.54, 1.807) is 6.92 Å². The van der Waals surface area contributed by atoms with Crippen molar-refractivity contribution in [2.24, 2.45) is 11.8 Å². The number of urea groups is 1. The normalized spacial score (nSPS) is 31.4. The molecule has 0 aromatic rings. The maximum atomic E-state index is 13.1. The fourth-order valence-electron chi connectivity index (χ4n) is 4.51. The second-order valence-corrected chi connectivity index (χ2v) is 7.42. The van der Waals surface area contributed by atoms with Crippen molar-refractivity contribution < 1.29 is 23.9 Å². The van der Waals surface area contributed by atoms with Crippen LogP contribution < -0.4 is 5.32 Å². The minimum Gasteiger partial charge on any atom is -0.492 e. The highest BCUT2D eigenvalue weighted by Crippen LogP contribution is 2.42. The molecular formula is C18H26N2O5. The average Bonchev–Trinajstić information content (AvgIpc) is 3.05. The first-order valence-electron chi connectivity index (χ1n) is 8.90. The van der Waals surface area contributed by atoms with Gasteiger partial charge in [0.2, 0.25) is 0 Å². The van der Waals surface area contributed by atoms with Crippen molar-refractivity contribution >= 4 is 17.9 Å². The van der Waals surface area contributed by atoms with Crippen molar-refractivity contribution in [1.29, 1.82) is 0 Å². The molecule has 3 aliphatic rings. The molecule has 1 N–H and O–H groups in total. The van der Waals surface area contributed by atoms with Crippen LogP contribution in [-0.4, -0.2) is 48.1 Å². The molecule has 7 heteroatoms. The number of carbonyl (C=O) groups is 3. The van der Waals surface area contributed by atoms with Gasteiger partial charge in [-0.1, -0.05) is 20.3 Å². The molecule has 3 rings (SSSR count). The molecule has 0 radical (unpaired) electrons. The monoisotopic (exact) mass is 350 g/mol. The van der Waals surface area contributed by atoms with Crippen molar-refractivity contribution in [3.8, 4) is 0 Å². The van der Waals surface area contributed by atoms with Crippen LogP contribution in [0.5, 0.6) is 0 Å². The van der Waals surface area contributed by atoms with E-state index in [4.69, 9.17) is 9.47 Å². The summed E-state index contributed by atoms with van der Waals surface area (Å²) in [5, 5.41) is 2.98. The zero-order valence-corrected chi connectivity index (χ0v) is 15.3. The van der Waals surface area contributed by atoms with Gasteiger partial charge in [0.05, 0.1) is 19.2 Å². The topological polar surface area (TPSA) is 84.9 Å². The van der Waals surface area contributed by atoms with Crippen molar-refractivity contribution in [2.45, 2.75) is 58.1 Å². The molecule has 2 aliphatic heterocycles. The van der Waals surface area contributed by atoms with Gasteiger partial charge in [-0.3, -0.25) is 9.69 Å². The highest BCUT2D eigenvalue weighted by atomic mass is 16.5. The number of rotatable bonds is 3. The van der Waals surface area contributed by atoms with Gasteiger partial charge in [-0.25, -0.2) is 9.59 Å². The Morgan fingerprint density at radius 1 is 1.32 bits per heavy atom. The van der Waals surface area contributed by atoms with Crippen molar-refractivity contribution in [3.05, 3.63) is 11.3 Å². The van der Waals surface area contributed by atoms with Crippen molar-refractivity contribution in [3.63, 3.8) is 0 Å². The van der Waals surface area contributed by atoms with Gasteiger partial charge in [0.15, 0.2) is 0 Å². The first-order valence-corrected chi connectivity index (χ1v) is 8.90. The number of methoxy groups -OCH3 is 1. The fraction of sp³-hybridized carbons (Fsp3) is 0.722. The van der Waals surface area contributed by atoms with Crippen LogP contribution in [0, 0.1) is 11.8 Å². The summed E-state index contributed by atoms with van der Waals surface area (Å²) in [6, 6.07) is -0.363. The molecule has 0 bridgehead atoms. The van der Waals surface area contributed by atoms with Crippen LogP contribution in [-0.2, 0) is 19.1 Å². The van der Waals surface area contributed by atoms with E-state index in [0.717, 1.165) is 19.3 Å². The molecule has 1 saturated carbocycles. The summed E-state index contributed by atoms with van der Waals surface area (Å²) < 4.78 is 10.4. The summed E-state index contributed by atoms with van der Waals surface area (Å²) in [6.45, 7) is 5.91. The molecule has 3 atom stereocenters. The SMILES string of the molecule is COC(=O)C1=C(C)O[C@H](CN2C(=O)NC3(C2=O)[C@@H](C)CCC[C@@H]3C)C1. The first-order chi connectivity index (χ1) is 11.8. The van der Waals surface area contributed by atoms with E-state index in [9.17, 15) is 14.4 Å². The van der Waals surface area contributed by atoms with Crippen LogP contribution in [0.4, 0.5) is 4.79 Å². The minimum absolute atomic E-state index is 0.104. The largest absolute Gasteiger partial charge is 0.492 e. The Balaban J connectivity index is 1.74. The lowest BCUT2D eigenvalue weighted by atomic mass is 9.67. The molecule has 3 amide bonds. The number of carbonyl (C=O) groups excluding carboxylic acids is 3. The smallest absolute Gasteiger partial charge is 0.337 e. The number of hydrogen-bond donors (Lipinski definition) is 1. The first kappa shape index (κ1) is 17.8. The van der Waals surface area contributed by atoms with Gasteiger partial charge in [0, 0.05) is 6.42 Å². The lowest BCUT2D eigenvalue weighted by molar-refractivity contribution is -0.137. The van der Waals surface area contributed by atoms with Gasteiger partial charge in [0.1, 0.15) is 17.4 Å². The van der Waals surface area contributed by atoms with Gasteiger partial charge in [0.25, 0.3) is 5.91 Å². The van der Waals surface area contributed by atoms with Crippen molar-refractivity contribution in [2.75, 3.05) is 13.7 Å². The summed E-state index contributed by atoms with van der Waals surface area (Å²) in [6.07, 6.45) is 2.86. The Hall–Kier alpha value is -2.05. The molecule has 25 heavy (non-hydrogen) atoms. The Labute approximate surface area is 147 Å². The maximum Gasteiger partial charge on any atom is 0.337 e. The second-order valence-electron chi connectivity index (χ2n) is 7.42. The molecule has 138 valence electrons. The minimum atomic E-state index is -0.804. The number of imide groups is 1. The maximum absolute atomic E-state index is 13.1. The molecule has 7 nitrogen and oxygen atoms in total. The number of hydrogen-bond acceptors (Lipinski definition) is 5. The van der Waals surface area contributed by atoms with Gasteiger partial charge >= 0.3 is 12.0 Å². The van der Waals surface area contributed by atoms with E-state index in [-0.39, 0.29) is 30.3 Å². The molecule has 0 aromatic heterocycles. The second kappa shape index (κ2) is 6.35. The molecule has 0 aromatic carbocycles. The number of nitrogens with zero attached hydrogens (tertiary/aromatic N) is 1. The summed E-state index contributed by atoms with van der Waals surface area (Å²) in [7, 11) is 1.32. The molecule has 1 spiro atoms. The third kappa shape index (κ3) is 2.69. The van der Waals surface area contributed by atoms with E-state index in [2.05, 4.69) is 5.32 Å². The van der Waals surface area contributed by atoms with E-state index in [1.165, 1.54) is 12.0 Å². The Kier molecular flexibility index (Phi) is 4.51. The summed E-state index contributed by atoms with van der Waals surface area (Å²) in [5.41, 5.74) is -0.338. The van der Waals surface area contributed by atoms with Crippen LogP contribution in [0.1, 0.15) is 46.5 Å². The number of allylic oxidation sites excluding steroid dienone is 1. The van der Waals surface area contributed by atoms with E-state index in [0.29, 0.717) is 17.8 Å². The van der Waals surface area contributed by atoms with Crippen LogP contribution in [0.3, 0.4) is 0 Å². The van der Waals surface area contributed by atoms with Gasteiger partial charge < -0.3 is 14.8 Å². The number of ether oxygens (including phenoxy) is 2. The van der Waals surface area contributed by atoms with Crippen LogP contribution >= 0.6 is 0 Å². The van der Waals surface area contributed by atoms with Gasteiger partial charge in [-0.05, 0) is 31.6 Å². The number of nitrogens with one attached hydrogen (secondary N) is 1. The van der Waals surface area contributed by atoms with Crippen LogP contribution in [0.15, 0.2) is 11.3 Å². The van der Waals surface area contributed by atoms with Crippen molar-refractivity contribution in [1.82, 2.24) is 10.2 Å². The molecule has 2 fully saturated rings. The van der Waals surface area contributed by atoms with Crippen LogP contribution in [0.25, 0.3) is 0 Å². The molecule has 1 aliphatic carbocycles. The molecule has 1 saturated heterocycles. The Bertz CT molecular complexity index is 631. The third-order valence-corrected chi connectivity index (χ3v) is 6.01. The van der Waals surface area contributed by atoms with E-state index in [1.807, 2.05) is 13.8 Å². The zero-order chi connectivity index (χ0) is 18.4. The predicted octanol–water partition coefficient (Wildman–Crippen LogP) is 1.97. The summed E-state index contributed by atoms with van der Waals surface area (Å²) >= 11 is 0. The number of amides is 3. The fourth-order valence-corrected chi connectivity index (χ4v) is 4.51. The molecular weight excluding hydrogens is 324 g/mol. The van der Waals surface area contributed by atoms with Gasteiger partial charge in [-0.15, -0.1) is 0 Å². The lowest BCUT2D eigenvalue weighted by Gasteiger charge is -2.42. The van der Waals surface area contributed by atoms with Gasteiger partial charge in [-0.2, -0.15) is 0 Å². The Morgan fingerprint density at radius 3 is 2.56 bits per heavy atom. The quantitative estimate of drug-likeness (QED) is 0.621.